The molecule has 4 nitrogen and oxygen atoms in total. The summed E-state index contributed by atoms with van der Waals surface area (Å²) in [6, 6.07) is 4.53. The van der Waals surface area contributed by atoms with Gasteiger partial charge in [-0.05, 0) is 54.4 Å². The quantitative estimate of drug-likeness (QED) is 0.181. The number of unbranched alkanes of at least 4 members (excludes halogenated alkanes) is 9. The molecule has 0 saturated heterocycles. The van der Waals surface area contributed by atoms with Gasteiger partial charge >= 0.3 is 11.9 Å². The van der Waals surface area contributed by atoms with E-state index in [-0.39, 0.29) is 11.9 Å². The van der Waals surface area contributed by atoms with Crippen LogP contribution in [0.25, 0.3) is 0 Å². The summed E-state index contributed by atoms with van der Waals surface area (Å²) in [7, 11) is 2.88. The molecule has 1 aromatic rings. The smallest absolute Gasteiger partial charge is 0.305 e. The normalized spacial score (nSPS) is 10.9. The minimum atomic E-state index is -0.168. The second-order valence-corrected chi connectivity index (χ2v) is 8.83. The average molecular weight is 447 g/mol. The molecule has 0 saturated carbocycles. The number of ether oxygens (including phenoxy) is 2. The summed E-state index contributed by atoms with van der Waals surface area (Å²) in [6.45, 7) is 4.40. The monoisotopic (exact) mass is 446 g/mol. The molecule has 0 aliphatic heterocycles. The van der Waals surface area contributed by atoms with Gasteiger partial charge in [0.2, 0.25) is 0 Å². The molecule has 0 unspecified atom stereocenters. The predicted octanol–water partition coefficient (Wildman–Crippen LogP) is 6.92. The number of rotatable bonds is 18. The standard InChI is InChI=1S/C28H46O4/c1-5-7-8-9-10-11-12-13-14-15-16-24-22-25(17-19-27(29)31-3)23(6-2)21-26(24)18-20-28(30)32-4/h21-22H,5-20H2,1-4H3. The van der Waals surface area contributed by atoms with Gasteiger partial charge in [-0.3, -0.25) is 9.59 Å². The van der Waals surface area contributed by atoms with E-state index in [4.69, 9.17) is 9.47 Å². The molecule has 182 valence electrons. The number of hydrogen-bond donors (Lipinski definition) is 0. The molecular weight excluding hydrogens is 400 g/mol. The number of benzene rings is 1. The molecule has 32 heavy (non-hydrogen) atoms. The van der Waals surface area contributed by atoms with Crippen LogP contribution in [0, 0.1) is 0 Å². The van der Waals surface area contributed by atoms with Crippen molar-refractivity contribution in [3.8, 4) is 0 Å². The Kier molecular flexibility index (Phi) is 15.6. The van der Waals surface area contributed by atoms with Gasteiger partial charge in [0.1, 0.15) is 0 Å². The summed E-state index contributed by atoms with van der Waals surface area (Å²) in [6.07, 6.45) is 17.4. The maximum absolute atomic E-state index is 11.7. The molecule has 0 heterocycles. The molecule has 0 amide bonds. The SMILES string of the molecule is CCCCCCCCCCCCc1cc(CCC(=O)OC)c(CC)cc1CCC(=O)OC. The number of carbonyl (C=O) groups is 2. The summed E-state index contributed by atoms with van der Waals surface area (Å²) in [5, 5.41) is 0. The van der Waals surface area contributed by atoms with Gasteiger partial charge in [0.25, 0.3) is 0 Å². The molecule has 1 rings (SSSR count). The van der Waals surface area contributed by atoms with Gasteiger partial charge in [0.05, 0.1) is 14.2 Å². The van der Waals surface area contributed by atoms with Gasteiger partial charge in [-0.15, -0.1) is 0 Å². The van der Waals surface area contributed by atoms with E-state index in [0.717, 1.165) is 12.8 Å². The van der Waals surface area contributed by atoms with E-state index >= 15 is 0 Å². The Morgan fingerprint density at radius 1 is 0.594 bits per heavy atom. The van der Waals surface area contributed by atoms with Crippen molar-refractivity contribution in [3.05, 3.63) is 34.4 Å². The number of esters is 2. The van der Waals surface area contributed by atoms with E-state index in [1.165, 1.54) is 101 Å². The largest absolute Gasteiger partial charge is 0.469 e. The highest BCUT2D eigenvalue weighted by Gasteiger charge is 2.13. The maximum Gasteiger partial charge on any atom is 0.305 e. The molecule has 1 aromatic carbocycles. The van der Waals surface area contributed by atoms with Crippen LogP contribution in [-0.2, 0) is 44.7 Å². The van der Waals surface area contributed by atoms with Crippen LogP contribution in [-0.4, -0.2) is 26.2 Å². The van der Waals surface area contributed by atoms with Crippen LogP contribution >= 0.6 is 0 Å². The summed E-state index contributed by atoms with van der Waals surface area (Å²) in [4.78, 5) is 23.3. The van der Waals surface area contributed by atoms with E-state index in [1.54, 1.807) is 0 Å². The summed E-state index contributed by atoms with van der Waals surface area (Å²) < 4.78 is 9.67. The lowest BCUT2D eigenvalue weighted by Gasteiger charge is -2.16. The first-order valence-electron chi connectivity index (χ1n) is 12.8. The molecule has 0 spiro atoms. The van der Waals surface area contributed by atoms with Crippen molar-refractivity contribution < 1.29 is 19.1 Å². The Hall–Kier alpha value is -1.84. The minimum Gasteiger partial charge on any atom is -0.469 e. The second kappa shape index (κ2) is 17.7. The number of aryl methyl sites for hydroxylation is 4. The molecule has 0 aliphatic rings. The van der Waals surface area contributed by atoms with Crippen molar-refractivity contribution in [2.75, 3.05) is 14.2 Å². The van der Waals surface area contributed by atoms with Crippen LogP contribution in [0.15, 0.2) is 12.1 Å². The van der Waals surface area contributed by atoms with Crippen molar-refractivity contribution in [1.29, 1.82) is 0 Å². The van der Waals surface area contributed by atoms with E-state index in [1.807, 2.05) is 0 Å². The predicted molar refractivity (Wildman–Crippen MR) is 132 cm³/mol. The molecule has 0 atom stereocenters. The van der Waals surface area contributed by atoms with Crippen LogP contribution in [0.4, 0.5) is 0 Å². The summed E-state index contributed by atoms with van der Waals surface area (Å²) in [5.74, 6) is -0.333. The van der Waals surface area contributed by atoms with E-state index in [0.29, 0.717) is 25.7 Å². The van der Waals surface area contributed by atoms with Gasteiger partial charge in [0.15, 0.2) is 0 Å². The molecule has 0 aromatic heterocycles. The number of carbonyl (C=O) groups excluding carboxylic acids is 2. The van der Waals surface area contributed by atoms with Crippen molar-refractivity contribution in [2.24, 2.45) is 0 Å². The number of methoxy groups -OCH3 is 2. The highest BCUT2D eigenvalue weighted by molar-refractivity contribution is 5.70. The fourth-order valence-electron chi connectivity index (χ4n) is 4.30. The Balaban J connectivity index is 2.66. The summed E-state index contributed by atoms with van der Waals surface area (Å²) >= 11 is 0. The van der Waals surface area contributed by atoms with E-state index < -0.39 is 0 Å². The van der Waals surface area contributed by atoms with Crippen molar-refractivity contribution >= 4 is 11.9 Å². The third kappa shape index (κ3) is 11.7. The third-order valence-corrected chi connectivity index (χ3v) is 6.35. The fourth-order valence-corrected chi connectivity index (χ4v) is 4.30. The molecule has 0 fully saturated rings. The maximum atomic E-state index is 11.7. The summed E-state index contributed by atoms with van der Waals surface area (Å²) in [5.41, 5.74) is 5.08. The fraction of sp³-hybridized carbons (Fsp3) is 0.714. The van der Waals surface area contributed by atoms with Gasteiger partial charge in [0, 0.05) is 12.8 Å². The zero-order valence-electron chi connectivity index (χ0n) is 21.1. The molecule has 0 bridgehead atoms. The van der Waals surface area contributed by atoms with Crippen LogP contribution in [0.2, 0.25) is 0 Å². The Labute approximate surface area is 196 Å². The zero-order chi connectivity index (χ0) is 23.6. The topological polar surface area (TPSA) is 52.6 Å². The van der Waals surface area contributed by atoms with Gasteiger partial charge in [-0.1, -0.05) is 83.8 Å². The lowest BCUT2D eigenvalue weighted by molar-refractivity contribution is -0.141. The lowest BCUT2D eigenvalue weighted by atomic mass is 9.90. The molecule has 0 N–H and O–H groups in total. The Morgan fingerprint density at radius 3 is 1.47 bits per heavy atom. The first-order valence-corrected chi connectivity index (χ1v) is 12.8. The highest BCUT2D eigenvalue weighted by Crippen LogP contribution is 2.23. The van der Waals surface area contributed by atoms with E-state index in [2.05, 4.69) is 26.0 Å². The third-order valence-electron chi connectivity index (χ3n) is 6.35. The Morgan fingerprint density at radius 2 is 1.00 bits per heavy atom. The number of hydrogen-bond acceptors (Lipinski definition) is 4. The van der Waals surface area contributed by atoms with Crippen molar-refractivity contribution in [3.63, 3.8) is 0 Å². The Bertz CT molecular complexity index is 666. The van der Waals surface area contributed by atoms with Gasteiger partial charge in [-0.2, -0.15) is 0 Å². The second-order valence-electron chi connectivity index (χ2n) is 8.83. The van der Waals surface area contributed by atoms with Gasteiger partial charge < -0.3 is 9.47 Å². The lowest BCUT2D eigenvalue weighted by Crippen LogP contribution is -2.08. The first-order chi connectivity index (χ1) is 15.5. The van der Waals surface area contributed by atoms with E-state index in [9.17, 15) is 9.59 Å². The van der Waals surface area contributed by atoms with Crippen LogP contribution in [0.3, 0.4) is 0 Å². The van der Waals surface area contributed by atoms with Gasteiger partial charge in [-0.25, -0.2) is 0 Å². The van der Waals surface area contributed by atoms with Crippen molar-refractivity contribution in [2.45, 2.75) is 117 Å². The minimum absolute atomic E-state index is 0.164. The van der Waals surface area contributed by atoms with Crippen LogP contribution < -0.4 is 0 Å². The first kappa shape index (κ1) is 28.2. The average Bonchev–Trinajstić information content (AvgIpc) is 2.82. The zero-order valence-corrected chi connectivity index (χ0v) is 21.1. The van der Waals surface area contributed by atoms with Crippen molar-refractivity contribution in [1.82, 2.24) is 0 Å². The van der Waals surface area contributed by atoms with Crippen LogP contribution in [0.1, 0.15) is 113 Å². The highest BCUT2D eigenvalue weighted by atomic mass is 16.5. The molecule has 0 radical (unpaired) electrons. The van der Waals surface area contributed by atoms with Crippen LogP contribution in [0.5, 0.6) is 0 Å². The molecule has 0 aliphatic carbocycles. The molecular formula is C28H46O4. The molecule has 4 heteroatoms.